The van der Waals surface area contributed by atoms with E-state index in [2.05, 4.69) is 9.97 Å². The van der Waals surface area contributed by atoms with E-state index in [0.717, 1.165) is 5.56 Å². The number of benzene rings is 1. The van der Waals surface area contributed by atoms with Crippen molar-refractivity contribution in [3.05, 3.63) is 41.2 Å². The second-order valence-corrected chi connectivity index (χ2v) is 3.74. The molecule has 1 heterocycles. The minimum atomic E-state index is -1.20. The van der Waals surface area contributed by atoms with Gasteiger partial charge in [0.05, 0.1) is 11.9 Å². The number of halogens is 1. The number of rotatable bonds is 2. The molecule has 0 bridgehead atoms. The molecule has 3 N–H and O–H groups in total. The van der Waals surface area contributed by atoms with E-state index in [1.807, 2.05) is 0 Å². The summed E-state index contributed by atoms with van der Waals surface area (Å²) in [6, 6.07) is 6.98. The Morgan fingerprint density at radius 1 is 1.41 bits per heavy atom. The standard InChI is InChI=1S/C11H8ClN3O2/c12-7-3-1-2-6(4-7)8-5-14-9(11(16)17)10(13)15-8/h1-5H,(H2,13,15)(H,16,17). The summed E-state index contributed by atoms with van der Waals surface area (Å²) in [6.07, 6.45) is 1.35. The van der Waals surface area contributed by atoms with E-state index < -0.39 is 5.97 Å². The third-order valence-electron chi connectivity index (χ3n) is 2.12. The smallest absolute Gasteiger partial charge is 0.358 e. The largest absolute Gasteiger partial charge is 0.476 e. The van der Waals surface area contributed by atoms with Crippen LogP contribution in [-0.4, -0.2) is 21.0 Å². The van der Waals surface area contributed by atoms with Gasteiger partial charge in [-0.3, -0.25) is 0 Å². The molecule has 1 aromatic carbocycles. The number of aromatic nitrogens is 2. The van der Waals surface area contributed by atoms with Gasteiger partial charge in [-0.25, -0.2) is 14.8 Å². The lowest BCUT2D eigenvalue weighted by Gasteiger charge is -2.04. The fourth-order valence-electron chi connectivity index (χ4n) is 1.36. The van der Waals surface area contributed by atoms with Gasteiger partial charge < -0.3 is 10.8 Å². The van der Waals surface area contributed by atoms with E-state index in [9.17, 15) is 4.79 Å². The van der Waals surface area contributed by atoms with Crippen LogP contribution in [0, 0.1) is 0 Å². The summed E-state index contributed by atoms with van der Waals surface area (Å²) in [5.74, 6) is -1.32. The van der Waals surface area contributed by atoms with Crippen molar-refractivity contribution in [2.24, 2.45) is 0 Å². The summed E-state index contributed by atoms with van der Waals surface area (Å²) in [5, 5.41) is 9.33. The van der Waals surface area contributed by atoms with Crippen molar-refractivity contribution in [2.75, 3.05) is 5.73 Å². The van der Waals surface area contributed by atoms with E-state index in [4.69, 9.17) is 22.4 Å². The molecule has 86 valence electrons. The van der Waals surface area contributed by atoms with Crippen molar-refractivity contribution in [1.82, 2.24) is 9.97 Å². The topological polar surface area (TPSA) is 89.1 Å². The number of nitrogens with two attached hydrogens (primary N) is 1. The SMILES string of the molecule is Nc1nc(-c2cccc(Cl)c2)cnc1C(=O)O. The number of carbonyl (C=O) groups is 1. The first-order valence-electron chi connectivity index (χ1n) is 4.69. The Morgan fingerprint density at radius 3 is 2.76 bits per heavy atom. The number of hydrogen-bond acceptors (Lipinski definition) is 4. The molecule has 0 spiro atoms. The first kappa shape index (κ1) is 11.3. The van der Waals surface area contributed by atoms with Gasteiger partial charge in [-0.05, 0) is 12.1 Å². The Kier molecular flexibility index (Phi) is 2.93. The van der Waals surface area contributed by atoms with Crippen molar-refractivity contribution in [1.29, 1.82) is 0 Å². The summed E-state index contributed by atoms with van der Waals surface area (Å²) in [6.45, 7) is 0. The number of carboxylic acids is 1. The lowest BCUT2D eigenvalue weighted by Crippen LogP contribution is -2.07. The Hall–Kier alpha value is -2.14. The Morgan fingerprint density at radius 2 is 2.18 bits per heavy atom. The van der Waals surface area contributed by atoms with Crippen LogP contribution in [0.15, 0.2) is 30.5 Å². The van der Waals surface area contributed by atoms with Crippen molar-refractivity contribution in [3.63, 3.8) is 0 Å². The van der Waals surface area contributed by atoms with Gasteiger partial charge in [0.2, 0.25) is 0 Å². The van der Waals surface area contributed by atoms with E-state index >= 15 is 0 Å². The zero-order valence-corrected chi connectivity index (χ0v) is 9.35. The van der Waals surface area contributed by atoms with Crippen LogP contribution in [0.3, 0.4) is 0 Å². The summed E-state index contributed by atoms with van der Waals surface area (Å²) in [7, 11) is 0. The lowest BCUT2D eigenvalue weighted by molar-refractivity contribution is 0.0691. The molecule has 0 aliphatic carbocycles. The van der Waals surface area contributed by atoms with Crippen LogP contribution in [0.2, 0.25) is 5.02 Å². The minimum absolute atomic E-state index is 0.116. The lowest BCUT2D eigenvalue weighted by atomic mass is 10.1. The number of nitrogen functional groups attached to an aromatic ring is 1. The van der Waals surface area contributed by atoms with Gasteiger partial charge in [0.15, 0.2) is 11.5 Å². The quantitative estimate of drug-likeness (QED) is 0.851. The monoisotopic (exact) mass is 249 g/mol. The zero-order valence-electron chi connectivity index (χ0n) is 8.59. The third-order valence-corrected chi connectivity index (χ3v) is 2.36. The molecule has 0 unspecified atom stereocenters. The third kappa shape index (κ3) is 2.34. The number of hydrogen-bond donors (Lipinski definition) is 2. The van der Waals surface area contributed by atoms with E-state index in [-0.39, 0.29) is 11.5 Å². The maximum Gasteiger partial charge on any atom is 0.358 e. The minimum Gasteiger partial charge on any atom is -0.476 e. The van der Waals surface area contributed by atoms with Crippen LogP contribution >= 0.6 is 11.6 Å². The van der Waals surface area contributed by atoms with Crippen molar-refractivity contribution < 1.29 is 9.90 Å². The highest BCUT2D eigenvalue weighted by atomic mass is 35.5. The molecule has 0 atom stereocenters. The molecule has 0 aliphatic heterocycles. The molecule has 5 nitrogen and oxygen atoms in total. The summed E-state index contributed by atoms with van der Waals surface area (Å²) < 4.78 is 0. The number of anilines is 1. The number of aromatic carboxylic acids is 1. The van der Waals surface area contributed by atoms with Crippen LogP contribution in [-0.2, 0) is 0 Å². The molecule has 0 aliphatic rings. The van der Waals surface area contributed by atoms with Gasteiger partial charge in [0.25, 0.3) is 0 Å². The Labute approximate surface area is 102 Å². The molecule has 0 saturated carbocycles. The van der Waals surface area contributed by atoms with Crippen molar-refractivity contribution in [2.45, 2.75) is 0 Å². The van der Waals surface area contributed by atoms with Crippen LogP contribution in [0.4, 0.5) is 5.82 Å². The Bertz CT molecular complexity index is 587. The number of nitrogens with zero attached hydrogens (tertiary/aromatic N) is 2. The molecule has 17 heavy (non-hydrogen) atoms. The van der Waals surface area contributed by atoms with Gasteiger partial charge in [0.1, 0.15) is 0 Å². The maximum atomic E-state index is 10.7. The fourth-order valence-corrected chi connectivity index (χ4v) is 1.55. The molecule has 0 radical (unpaired) electrons. The summed E-state index contributed by atoms with van der Waals surface area (Å²) in [5.41, 5.74) is 6.47. The normalized spacial score (nSPS) is 10.2. The van der Waals surface area contributed by atoms with Gasteiger partial charge >= 0.3 is 5.97 Å². The molecule has 0 amide bonds. The van der Waals surface area contributed by atoms with Gasteiger partial charge in [-0.15, -0.1) is 0 Å². The predicted molar refractivity (Wildman–Crippen MR) is 63.8 cm³/mol. The average Bonchev–Trinajstić information content (AvgIpc) is 2.28. The second kappa shape index (κ2) is 4.39. The molecule has 1 aromatic heterocycles. The predicted octanol–water partition coefficient (Wildman–Crippen LogP) is 2.08. The highest BCUT2D eigenvalue weighted by molar-refractivity contribution is 6.30. The van der Waals surface area contributed by atoms with Gasteiger partial charge in [0, 0.05) is 10.6 Å². The number of carboxylic acid groups (broad SMARTS) is 1. The highest BCUT2D eigenvalue weighted by Crippen LogP contribution is 2.21. The van der Waals surface area contributed by atoms with Crippen LogP contribution in [0.25, 0.3) is 11.3 Å². The highest BCUT2D eigenvalue weighted by Gasteiger charge is 2.12. The molecule has 2 rings (SSSR count). The molecule has 0 fully saturated rings. The first-order chi connectivity index (χ1) is 8.08. The van der Waals surface area contributed by atoms with Gasteiger partial charge in [-0.1, -0.05) is 23.7 Å². The van der Waals surface area contributed by atoms with Crippen molar-refractivity contribution in [3.8, 4) is 11.3 Å². The summed E-state index contributed by atoms with van der Waals surface area (Å²) in [4.78, 5) is 18.5. The van der Waals surface area contributed by atoms with Crippen LogP contribution in [0.1, 0.15) is 10.5 Å². The van der Waals surface area contributed by atoms with E-state index in [1.165, 1.54) is 6.20 Å². The summed E-state index contributed by atoms with van der Waals surface area (Å²) >= 11 is 5.84. The maximum absolute atomic E-state index is 10.7. The zero-order chi connectivity index (χ0) is 12.4. The molecule has 0 saturated heterocycles. The average molecular weight is 250 g/mol. The Balaban J connectivity index is 2.48. The molecular formula is C11H8ClN3O2. The molecule has 6 heteroatoms. The van der Waals surface area contributed by atoms with E-state index in [0.29, 0.717) is 10.7 Å². The van der Waals surface area contributed by atoms with Crippen LogP contribution < -0.4 is 5.73 Å². The van der Waals surface area contributed by atoms with Crippen molar-refractivity contribution >= 4 is 23.4 Å². The molecule has 2 aromatic rings. The fraction of sp³-hybridized carbons (Fsp3) is 0. The first-order valence-corrected chi connectivity index (χ1v) is 5.07. The van der Waals surface area contributed by atoms with Crippen LogP contribution in [0.5, 0.6) is 0 Å². The van der Waals surface area contributed by atoms with Gasteiger partial charge in [-0.2, -0.15) is 0 Å². The molecular weight excluding hydrogens is 242 g/mol. The second-order valence-electron chi connectivity index (χ2n) is 3.30. The van der Waals surface area contributed by atoms with E-state index in [1.54, 1.807) is 24.3 Å².